The maximum atomic E-state index is 12.7. The first-order valence-corrected chi connectivity index (χ1v) is 10.6. The van der Waals surface area contributed by atoms with Crippen LogP contribution >= 0.6 is 0 Å². The number of nitrogens with one attached hydrogen (secondary N) is 1. The summed E-state index contributed by atoms with van der Waals surface area (Å²) in [4.78, 5) is 22.9. The van der Waals surface area contributed by atoms with Crippen molar-refractivity contribution in [3.63, 3.8) is 0 Å². The van der Waals surface area contributed by atoms with Gasteiger partial charge in [0.05, 0.1) is 9.82 Å². The molecule has 0 heterocycles. The molecule has 1 aromatic carbocycles. The number of carbonyl (C=O) groups is 1. The third-order valence-electron chi connectivity index (χ3n) is 5.47. The molecule has 1 aromatic rings. The lowest BCUT2D eigenvalue weighted by molar-refractivity contribution is -0.385. The fraction of sp³-hybridized carbons (Fsp3) is 0.588. The number of fused-ring (bicyclic) bond motifs is 2. The smallest absolute Gasteiger partial charge is 0.271 e. The van der Waals surface area contributed by atoms with E-state index in [1.165, 1.54) is 6.07 Å². The van der Waals surface area contributed by atoms with Gasteiger partial charge in [-0.3, -0.25) is 14.9 Å². The standard InChI is InChI=1S/C17H23N3O5S/c1-26(24,25)15-8-12(7-14(9-15)20(22)23)17(21)19-16-10-3-2-4-11(16)6-13(18)5-10/h7-11,13,16H,2-6,18H2,1H3,(H,19,21). The third kappa shape index (κ3) is 3.88. The van der Waals surface area contributed by atoms with Gasteiger partial charge in [-0.05, 0) is 43.6 Å². The highest BCUT2D eigenvalue weighted by Crippen LogP contribution is 2.39. The van der Waals surface area contributed by atoms with Gasteiger partial charge in [-0.2, -0.15) is 0 Å². The van der Waals surface area contributed by atoms with Crippen LogP contribution in [0.15, 0.2) is 23.1 Å². The number of nitro groups is 1. The zero-order valence-corrected chi connectivity index (χ0v) is 15.4. The molecule has 2 bridgehead atoms. The minimum absolute atomic E-state index is 0.00688. The lowest BCUT2D eigenvalue weighted by Crippen LogP contribution is -2.53. The molecule has 8 nitrogen and oxygen atoms in total. The van der Waals surface area contributed by atoms with Crippen molar-refractivity contribution in [3.8, 4) is 0 Å². The number of nitro benzene ring substituents is 1. The van der Waals surface area contributed by atoms with Crippen LogP contribution in [0.4, 0.5) is 5.69 Å². The number of benzene rings is 1. The van der Waals surface area contributed by atoms with Crippen molar-refractivity contribution in [2.75, 3.05) is 6.26 Å². The van der Waals surface area contributed by atoms with Gasteiger partial charge >= 0.3 is 0 Å². The van der Waals surface area contributed by atoms with Crippen LogP contribution in [0.5, 0.6) is 0 Å². The monoisotopic (exact) mass is 381 g/mol. The Morgan fingerprint density at radius 1 is 1.23 bits per heavy atom. The molecule has 9 heteroatoms. The van der Waals surface area contributed by atoms with Gasteiger partial charge in [0.1, 0.15) is 0 Å². The van der Waals surface area contributed by atoms with Crippen LogP contribution in [0, 0.1) is 22.0 Å². The molecule has 142 valence electrons. The first-order chi connectivity index (χ1) is 12.1. The molecule has 2 saturated carbocycles. The van der Waals surface area contributed by atoms with E-state index >= 15 is 0 Å². The molecule has 26 heavy (non-hydrogen) atoms. The Hall–Kier alpha value is -2.00. The third-order valence-corrected chi connectivity index (χ3v) is 6.56. The lowest BCUT2D eigenvalue weighted by atomic mass is 9.67. The van der Waals surface area contributed by atoms with E-state index in [-0.39, 0.29) is 22.5 Å². The predicted molar refractivity (Wildman–Crippen MR) is 95.5 cm³/mol. The van der Waals surface area contributed by atoms with Gasteiger partial charge < -0.3 is 11.1 Å². The fourth-order valence-corrected chi connectivity index (χ4v) is 4.97. The zero-order chi connectivity index (χ0) is 19.1. The van der Waals surface area contributed by atoms with Gasteiger partial charge in [0, 0.05) is 36.0 Å². The van der Waals surface area contributed by atoms with Crippen LogP contribution in [0.3, 0.4) is 0 Å². The van der Waals surface area contributed by atoms with E-state index in [0.29, 0.717) is 11.8 Å². The second kappa shape index (κ2) is 6.96. The van der Waals surface area contributed by atoms with Crippen LogP contribution in [-0.4, -0.2) is 37.6 Å². The number of non-ortho nitro benzene ring substituents is 1. The Labute approximate surface area is 152 Å². The number of hydrogen-bond donors (Lipinski definition) is 2. The summed E-state index contributed by atoms with van der Waals surface area (Å²) in [6.07, 6.45) is 5.78. The number of carbonyl (C=O) groups excluding carboxylic acids is 1. The lowest BCUT2D eigenvalue weighted by Gasteiger charge is -2.45. The molecule has 2 aliphatic carbocycles. The average Bonchev–Trinajstić information content (AvgIpc) is 2.54. The average molecular weight is 381 g/mol. The topological polar surface area (TPSA) is 132 Å². The van der Waals surface area contributed by atoms with E-state index in [2.05, 4.69) is 5.32 Å². The summed E-state index contributed by atoms with van der Waals surface area (Å²) in [5.74, 6) is 0.125. The normalized spacial score (nSPS) is 28.4. The van der Waals surface area contributed by atoms with E-state index < -0.39 is 26.4 Å². The second-order valence-electron chi connectivity index (χ2n) is 7.43. The molecule has 1 amide bonds. The zero-order valence-electron chi connectivity index (χ0n) is 14.6. The number of nitrogens with zero attached hydrogens (tertiary/aromatic N) is 1. The summed E-state index contributed by atoms with van der Waals surface area (Å²) in [5.41, 5.74) is 5.68. The highest BCUT2D eigenvalue weighted by atomic mass is 32.2. The molecule has 0 saturated heterocycles. The maximum absolute atomic E-state index is 12.7. The first-order valence-electron chi connectivity index (χ1n) is 8.71. The SMILES string of the molecule is CS(=O)(=O)c1cc(C(=O)NC2C3CCCC2CC(N)C3)cc([N+](=O)[O-])c1. The van der Waals surface area contributed by atoms with E-state index in [1.807, 2.05) is 0 Å². The number of hydrogen-bond acceptors (Lipinski definition) is 6. The largest absolute Gasteiger partial charge is 0.349 e. The highest BCUT2D eigenvalue weighted by Gasteiger charge is 2.40. The molecule has 2 unspecified atom stereocenters. The van der Waals surface area contributed by atoms with Crippen LogP contribution in [0.1, 0.15) is 42.5 Å². The fourth-order valence-electron chi connectivity index (χ4n) is 4.29. The molecule has 3 N–H and O–H groups in total. The molecule has 0 aliphatic heterocycles. The van der Waals surface area contributed by atoms with Gasteiger partial charge in [-0.25, -0.2) is 8.42 Å². The first kappa shape index (κ1) is 18.8. The van der Waals surface area contributed by atoms with E-state index in [9.17, 15) is 23.3 Å². The Kier molecular flexibility index (Phi) is 5.03. The van der Waals surface area contributed by atoms with Crippen LogP contribution in [0.25, 0.3) is 0 Å². The Morgan fingerprint density at radius 2 is 1.85 bits per heavy atom. The molecular formula is C17H23N3O5S. The Bertz CT molecular complexity index is 825. The predicted octanol–water partition coefficient (Wildman–Crippen LogP) is 1.63. The van der Waals surface area contributed by atoms with Crippen molar-refractivity contribution in [2.45, 2.75) is 49.1 Å². The minimum Gasteiger partial charge on any atom is -0.349 e. The van der Waals surface area contributed by atoms with E-state index in [1.54, 1.807) is 0 Å². The molecule has 3 rings (SSSR count). The van der Waals surface area contributed by atoms with Gasteiger partial charge in [0.25, 0.3) is 11.6 Å². The van der Waals surface area contributed by atoms with Crippen LogP contribution in [0.2, 0.25) is 0 Å². The number of rotatable bonds is 4. The van der Waals surface area contributed by atoms with Crippen molar-refractivity contribution in [1.82, 2.24) is 5.32 Å². The molecule has 2 atom stereocenters. The quantitative estimate of drug-likeness (QED) is 0.602. The highest BCUT2D eigenvalue weighted by molar-refractivity contribution is 7.90. The maximum Gasteiger partial charge on any atom is 0.271 e. The molecule has 0 spiro atoms. The van der Waals surface area contributed by atoms with Gasteiger partial charge in [0.15, 0.2) is 9.84 Å². The summed E-state index contributed by atoms with van der Waals surface area (Å²) in [6, 6.07) is 3.42. The molecule has 0 aromatic heterocycles. The number of amides is 1. The second-order valence-corrected chi connectivity index (χ2v) is 9.44. The van der Waals surface area contributed by atoms with Crippen molar-refractivity contribution < 1.29 is 18.1 Å². The van der Waals surface area contributed by atoms with Gasteiger partial charge in [0.2, 0.25) is 0 Å². The summed E-state index contributed by atoms with van der Waals surface area (Å²) in [5, 5.41) is 14.1. The van der Waals surface area contributed by atoms with Crippen LogP contribution in [-0.2, 0) is 9.84 Å². The van der Waals surface area contributed by atoms with E-state index in [0.717, 1.165) is 50.5 Å². The minimum atomic E-state index is -3.67. The Morgan fingerprint density at radius 3 is 2.38 bits per heavy atom. The molecule has 2 fully saturated rings. The number of nitrogens with two attached hydrogens (primary N) is 1. The van der Waals surface area contributed by atoms with Crippen molar-refractivity contribution in [1.29, 1.82) is 0 Å². The van der Waals surface area contributed by atoms with Crippen molar-refractivity contribution >= 4 is 21.4 Å². The molecule has 0 radical (unpaired) electrons. The summed E-state index contributed by atoms with van der Waals surface area (Å²) in [7, 11) is -3.67. The summed E-state index contributed by atoms with van der Waals surface area (Å²) >= 11 is 0. The Balaban J connectivity index is 1.88. The summed E-state index contributed by atoms with van der Waals surface area (Å²) < 4.78 is 23.6. The van der Waals surface area contributed by atoms with Gasteiger partial charge in [-0.15, -0.1) is 0 Å². The van der Waals surface area contributed by atoms with Crippen molar-refractivity contribution in [2.24, 2.45) is 17.6 Å². The van der Waals surface area contributed by atoms with Crippen molar-refractivity contribution in [3.05, 3.63) is 33.9 Å². The molecular weight excluding hydrogens is 358 g/mol. The van der Waals surface area contributed by atoms with E-state index in [4.69, 9.17) is 5.73 Å². The van der Waals surface area contributed by atoms with Gasteiger partial charge in [-0.1, -0.05) is 6.42 Å². The summed E-state index contributed by atoms with van der Waals surface area (Å²) in [6.45, 7) is 0. The molecule has 2 aliphatic rings. The van der Waals surface area contributed by atoms with Crippen LogP contribution < -0.4 is 11.1 Å². The number of sulfone groups is 1.